The van der Waals surface area contributed by atoms with Gasteiger partial charge >= 0.3 is 0 Å². The molecule has 2 rings (SSSR count). The van der Waals surface area contributed by atoms with E-state index in [2.05, 4.69) is 11.8 Å². The van der Waals surface area contributed by atoms with Crippen LogP contribution in [0.1, 0.15) is 71.1 Å². The zero-order valence-corrected chi connectivity index (χ0v) is 11.5. The molecule has 1 aliphatic heterocycles. The van der Waals surface area contributed by atoms with Gasteiger partial charge in [0.05, 0.1) is 5.60 Å². The zero-order valence-electron chi connectivity index (χ0n) is 11.5. The van der Waals surface area contributed by atoms with Crippen LogP contribution in [0.2, 0.25) is 0 Å². The van der Waals surface area contributed by atoms with E-state index in [0.717, 1.165) is 19.3 Å². The molecule has 2 aliphatic rings. The molecule has 1 saturated heterocycles. The lowest BCUT2D eigenvalue weighted by molar-refractivity contribution is -0.0410. The minimum atomic E-state index is -0.337. The molecule has 17 heavy (non-hydrogen) atoms. The average Bonchev–Trinajstić information content (AvgIpc) is 2.38. The molecule has 0 bridgehead atoms. The molecule has 2 nitrogen and oxygen atoms in total. The van der Waals surface area contributed by atoms with Gasteiger partial charge in [-0.15, -0.1) is 0 Å². The minimum Gasteiger partial charge on any atom is -0.390 e. The summed E-state index contributed by atoms with van der Waals surface area (Å²) in [5, 5.41) is 10.7. The van der Waals surface area contributed by atoms with Crippen LogP contribution in [0, 0.1) is 0 Å². The Morgan fingerprint density at radius 1 is 1.18 bits per heavy atom. The highest BCUT2D eigenvalue weighted by Crippen LogP contribution is 2.35. The summed E-state index contributed by atoms with van der Waals surface area (Å²) in [6.07, 6.45) is 12.2. The van der Waals surface area contributed by atoms with Crippen LogP contribution in [-0.4, -0.2) is 34.7 Å². The molecule has 2 atom stereocenters. The lowest BCUT2D eigenvalue weighted by atomic mass is 9.78. The van der Waals surface area contributed by atoms with Gasteiger partial charge in [0, 0.05) is 6.04 Å². The second-order valence-electron chi connectivity index (χ2n) is 6.17. The summed E-state index contributed by atoms with van der Waals surface area (Å²) >= 11 is 0. The predicted octanol–water partition coefficient (Wildman–Crippen LogP) is 3.34. The van der Waals surface area contributed by atoms with E-state index in [0.29, 0.717) is 6.04 Å². The molecule has 0 aromatic rings. The van der Waals surface area contributed by atoms with Crippen molar-refractivity contribution in [2.75, 3.05) is 13.1 Å². The second-order valence-corrected chi connectivity index (χ2v) is 6.17. The van der Waals surface area contributed by atoms with Gasteiger partial charge in [-0.05, 0) is 58.0 Å². The van der Waals surface area contributed by atoms with Crippen molar-refractivity contribution in [2.24, 2.45) is 0 Å². The Kier molecular flexibility index (Phi) is 4.87. The molecule has 2 fully saturated rings. The molecule has 1 aliphatic carbocycles. The summed E-state index contributed by atoms with van der Waals surface area (Å²) in [6.45, 7) is 4.76. The van der Waals surface area contributed by atoms with Crippen LogP contribution >= 0.6 is 0 Å². The van der Waals surface area contributed by atoms with E-state index >= 15 is 0 Å². The summed E-state index contributed by atoms with van der Waals surface area (Å²) in [6, 6.07) is 0.672. The Hall–Kier alpha value is -0.0800. The van der Waals surface area contributed by atoms with E-state index < -0.39 is 0 Å². The van der Waals surface area contributed by atoms with Gasteiger partial charge in [0.2, 0.25) is 0 Å². The number of piperidine rings is 1. The molecule has 0 spiro atoms. The Bertz CT molecular complexity index is 225. The van der Waals surface area contributed by atoms with Crippen molar-refractivity contribution in [1.29, 1.82) is 0 Å². The third-order valence-electron chi connectivity index (χ3n) is 4.70. The van der Waals surface area contributed by atoms with E-state index in [4.69, 9.17) is 0 Å². The van der Waals surface area contributed by atoms with Gasteiger partial charge < -0.3 is 10.0 Å². The lowest BCUT2D eigenvalue weighted by Gasteiger charge is -2.43. The summed E-state index contributed by atoms with van der Waals surface area (Å²) in [7, 11) is 0. The maximum atomic E-state index is 10.7. The summed E-state index contributed by atoms with van der Waals surface area (Å²) in [5.41, 5.74) is -0.337. The maximum absolute atomic E-state index is 10.7. The highest BCUT2D eigenvalue weighted by molar-refractivity contribution is 4.91. The fraction of sp³-hybridized carbons (Fsp3) is 1.00. The highest BCUT2D eigenvalue weighted by atomic mass is 16.3. The largest absolute Gasteiger partial charge is 0.390 e. The SMILES string of the molecule is CCCC[C@@]1(O)CCC[C@@H](N2CCCCC2)C1. The smallest absolute Gasteiger partial charge is 0.0662 e. The number of likely N-dealkylation sites (tertiary alicyclic amines) is 1. The van der Waals surface area contributed by atoms with Crippen LogP contribution in [0.3, 0.4) is 0 Å². The van der Waals surface area contributed by atoms with Gasteiger partial charge in [-0.25, -0.2) is 0 Å². The highest BCUT2D eigenvalue weighted by Gasteiger charge is 2.36. The van der Waals surface area contributed by atoms with Gasteiger partial charge in [0.15, 0.2) is 0 Å². The van der Waals surface area contributed by atoms with Crippen molar-refractivity contribution >= 4 is 0 Å². The fourth-order valence-electron chi connectivity index (χ4n) is 3.64. The number of hydrogen-bond acceptors (Lipinski definition) is 2. The van der Waals surface area contributed by atoms with Crippen molar-refractivity contribution in [3.8, 4) is 0 Å². The average molecular weight is 239 g/mol. The lowest BCUT2D eigenvalue weighted by Crippen LogP contribution is -2.47. The van der Waals surface area contributed by atoms with Crippen molar-refractivity contribution in [3.05, 3.63) is 0 Å². The molecule has 1 heterocycles. The van der Waals surface area contributed by atoms with Crippen LogP contribution in [0.4, 0.5) is 0 Å². The minimum absolute atomic E-state index is 0.337. The first-order chi connectivity index (χ1) is 8.23. The number of aliphatic hydroxyl groups is 1. The zero-order chi connectivity index (χ0) is 12.1. The molecular weight excluding hydrogens is 210 g/mol. The first kappa shape index (κ1) is 13.4. The van der Waals surface area contributed by atoms with Crippen LogP contribution in [-0.2, 0) is 0 Å². The van der Waals surface area contributed by atoms with Gasteiger partial charge in [-0.2, -0.15) is 0 Å². The number of hydrogen-bond donors (Lipinski definition) is 1. The fourth-order valence-corrected chi connectivity index (χ4v) is 3.64. The molecular formula is C15H29NO. The standard InChI is InChI=1S/C15H29NO/c1-2-3-9-15(17)10-7-8-14(13-15)16-11-5-4-6-12-16/h14,17H,2-13H2,1H3/t14-,15-/m1/s1. The van der Waals surface area contributed by atoms with Crippen LogP contribution in [0.5, 0.6) is 0 Å². The Labute approximate surface area is 106 Å². The molecule has 1 saturated carbocycles. The topological polar surface area (TPSA) is 23.5 Å². The van der Waals surface area contributed by atoms with E-state index in [9.17, 15) is 5.11 Å². The number of rotatable bonds is 4. The summed E-state index contributed by atoms with van der Waals surface area (Å²) in [5.74, 6) is 0. The molecule has 2 heteroatoms. The van der Waals surface area contributed by atoms with E-state index in [-0.39, 0.29) is 5.60 Å². The Morgan fingerprint density at radius 2 is 1.94 bits per heavy atom. The first-order valence-corrected chi connectivity index (χ1v) is 7.70. The molecule has 100 valence electrons. The van der Waals surface area contributed by atoms with Crippen LogP contribution < -0.4 is 0 Å². The van der Waals surface area contributed by atoms with Crippen molar-refractivity contribution in [1.82, 2.24) is 4.90 Å². The van der Waals surface area contributed by atoms with Crippen LogP contribution in [0.25, 0.3) is 0 Å². The normalized spacial score (nSPS) is 36.0. The van der Waals surface area contributed by atoms with Crippen LogP contribution in [0.15, 0.2) is 0 Å². The third kappa shape index (κ3) is 3.69. The van der Waals surface area contributed by atoms with Gasteiger partial charge in [-0.3, -0.25) is 0 Å². The van der Waals surface area contributed by atoms with Crippen molar-refractivity contribution in [3.63, 3.8) is 0 Å². The number of unbranched alkanes of at least 4 members (excludes halogenated alkanes) is 1. The first-order valence-electron chi connectivity index (χ1n) is 7.70. The van der Waals surface area contributed by atoms with E-state index in [1.54, 1.807) is 0 Å². The molecule has 0 aromatic carbocycles. The van der Waals surface area contributed by atoms with Gasteiger partial charge in [0.25, 0.3) is 0 Å². The van der Waals surface area contributed by atoms with Crippen molar-refractivity contribution in [2.45, 2.75) is 82.8 Å². The van der Waals surface area contributed by atoms with Crippen molar-refractivity contribution < 1.29 is 5.11 Å². The maximum Gasteiger partial charge on any atom is 0.0662 e. The van der Waals surface area contributed by atoms with Gasteiger partial charge in [0.1, 0.15) is 0 Å². The molecule has 0 unspecified atom stereocenters. The Balaban J connectivity index is 1.86. The monoisotopic (exact) mass is 239 g/mol. The molecule has 0 radical (unpaired) electrons. The quantitative estimate of drug-likeness (QED) is 0.813. The summed E-state index contributed by atoms with van der Waals surface area (Å²) < 4.78 is 0. The number of nitrogens with zero attached hydrogens (tertiary/aromatic N) is 1. The van der Waals surface area contributed by atoms with E-state index in [1.807, 2.05) is 0 Å². The molecule has 1 N–H and O–H groups in total. The second kappa shape index (κ2) is 6.19. The van der Waals surface area contributed by atoms with Gasteiger partial charge in [-0.1, -0.05) is 26.2 Å². The summed E-state index contributed by atoms with van der Waals surface area (Å²) in [4.78, 5) is 2.65. The Morgan fingerprint density at radius 3 is 2.65 bits per heavy atom. The predicted molar refractivity (Wildman–Crippen MR) is 72.2 cm³/mol. The van der Waals surface area contributed by atoms with E-state index in [1.165, 1.54) is 58.0 Å². The molecule has 0 aromatic heterocycles. The molecule has 0 amide bonds. The third-order valence-corrected chi connectivity index (χ3v) is 4.70.